The lowest BCUT2D eigenvalue weighted by Gasteiger charge is -2.31. The highest BCUT2D eigenvalue weighted by Gasteiger charge is 2.40. The number of carbonyl (C=O) groups is 2. The fraction of sp³-hybridized carbons (Fsp3) is 0.529. The Morgan fingerprint density at radius 3 is 2.24 bits per heavy atom. The van der Waals surface area contributed by atoms with Crippen LogP contribution in [0, 0.1) is 5.82 Å². The molecule has 140 valence electrons. The van der Waals surface area contributed by atoms with Crippen molar-refractivity contribution in [3.05, 3.63) is 35.6 Å². The quantitative estimate of drug-likeness (QED) is 0.592. The lowest BCUT2D eigenvalue weighted by molar-refractivity contribution is -0.147. The van der Waals surface area contributed by atoms with E-state index in [0.717, 1.165) is 0 Å². The second kappa shape index (κ2) is 9.01. The fourth-order valence-electron chi connectivity index (χ4n) is 2.25. The molecule has 0 aliphatic heterocycles. The van der Waals surface area contributed by atoms with Crippen LogP contribution in [0.25, 0.3) is 0 Å². The van der Waals surface area contributed by atoms with Gasteiger partial charge in [-0.1, -0.05) is 12.1 Å². The topological polar surface area (TPSA) is 76.7 Å². The molecule has 0 radical (unpaired) electrons. The summed E-state index contributed by atoms with van der Waals surface area (Å²) < 4.78 is 23.7. The van der Waals surface area contributed by atoms with Crippen LogP contribution < -0.4 is 10.9 Å². The highest BCUT2D eigenvalue weighted by Crippen LogP contribution is 2.31. The average molecular weight is 375 g/mol. The molecular weight excluding hydrogens is 351 g/mol. The van der Waals surface area contributed by atoms with Crippen LogP contribution in [-0.2, 0) is 19.9 Å². The van der Waals surface area contributed by atoms with E-state index in [9.17, 15) is 14.0 Å². The molecule has 6 nitrogen and oxygen atoms in total. The lowest BCUT2D eigenvalue weighted by Crippen LogP contribution is -2.53. The largest absolute Gasteiger partial charge is 0.443 e. The minimum Gasteiger partial charge on any atom is -0.443 e. The number of rotatable bonds is 6. The van der Waals surface area contributed by atoms with E-state index in [1.807, 2.05) is 0 Å². The summed E-state index contributed by atoms with van der Waals surface area (Å²) in [4.78, 5) is 24.4. The summed E-state index contributed by atoms with van der Waals surface area (Å²) in [6.45, 7) is 5.10. The van der Waals surface area contributed by atoms with Crippen molar-refractivity contribution in [2.75, 3.05) is 13.0 Å². The van der Waals surface area contributed by atoms with Gasteiger partial charge in [0.25, 0.3) is 5.91 Å². The highest BCUT2D eigenvalue weighted by molar-refractivity contribution is 6.17. The van der Waals surface area contributed by atoms with E-state index < -0.39 is 29.0 Å². The van der Waals surface area contributed by atoms with E-state index in [-0.39, 0.29) is 6.42 Å². The molecule has 0 aliphatic rings. The molecule has 25 heavy (non-hydrogen) atoms. The Balaban J connectivity index is 2.96. The number of ether oxygens (including phenoxy) is 2. The van der Waals surface area contributed by atoms with Gasteiger partial charge < -0.3 is 9.47 Å². The van der Waals surface area contributed by atoms with E-state index in [2.05, 4.69) is 10.9 Å². The number of nitrogens with one attached hydrogen (secondary N) is 2. The Labute approximate surface area is 152 Å². The van der Waals surface area contributed by atoms with Crippen molar-refractivity contribution in [2.24, 2.45) is 0 Å². The number of hydrazine groups is 1. The van der Waals surface area contributed by atoms with Gasteiger partial charge in [0.1, 0.15) is 11.4 Å². The highest BCUT2D eigenvalue weighted by atomic mass is 35.5. The normalized spacial score (nSPS) is 13.7. The molecule has 0 fully saturated rings. The first kappa shape index (κ1) is 21.2. The van der Waals surface area contributed by atoms with Crippen LogP contribution in [0.3, 0.4) is 0 Å². The van der Waals surface area contributed by atoms with Crippen LogP contribution >= 0.6 is 11.6 Å². The summed E-state index contributed by atoms with van der Waals surface area (Å²) in [5.41, 5.74) is 2.81. The molecule has 2 N–H and O–H groups in total. The van der Waals surface area contributed by atoms with Gasteiger partial charge in [-0.15, -0.1) is 11.6 Å². The first-order chi connectivity index (χ1) is 11.6. The smallest absolute Gasteiger partial charge is 0.426 e. The first-order valence-electron chi connectivity index (χ1n) is 7.81. The zero-order chi connectivity index (χ0) is 19.1. The number of amides is 2. The summed E-state index contributed by atoms with van der Waals surface area (Å²) in [6, 6.07) is 5.39. The predicted octanol–water partition coefficient (Wildman–Crippen LogP) is 3.24. The van der Waals surface area contributed by atoms with Gasteiger partial charge in [0.05, 0.1) is 0 Å². The molecule has 2 amide bonds. The van der Waals surface area contributed by atoms with Crippen molar-refractivity contribution in [1.82, 2.24) is 10.9 Å². The molecule has 8 heteroatoms. The number of carbonyl (C=O) groups excluding carboxylic acids is 2. The SMILES string of the molecule is COC(CCCCl)(C(=O)NNC(=O)OC(C)(C)C)c1ccc(F)cc1. The van der Waals surface area contributed by atoms with E-state index in [1.54, 1.807) is 20.8 Å². The van der Waals surface area contributed by atoms with Crippen molar-refractivity contribution in [3.8, 4) is 0 Å². The molecule has 0 aliphatic carbocycles. The third kappa shape index (κ3) is 6.17. The second-order valence-corrected chi connectivity index (χ2v) is 6.79. The minimum absolute atomic E-state index is 0.250. The number of methoxy groups -OCH3 is 1. The van der Waals surface area contributed by atoms with Gasteiger partial charge in [0.15, 0.2) is 5.60 Å². The van der Waals surface area contributed by atoms with Crippen molar-refractivity contribution in [2.45, 2.75) is 44.8 Å². The van der Waals surface area contributed by atoms with Crippen LogP contribution in [0.5, 0.6) is 0 Å². The average Bonchev–Trinajstić information content (AvgIpc) is 2.53. The lowest BCUT2D eigenvalue weighted by atomic mass is 9.88. The Kier molecular flexibility index (Phi) is 7.63. The van der Waals surface area contributed by atoms with Crippen LogP contribution in [-0.4, -0.2) is 30.6 Å². The Bertz CT molecular complexity index is 589. The zero-order valence-electron chi connectivity index (χ0n) is 14.8. The molecule has 0 spiro atoms. The molecule has 0 aromatic heterocycles. The number of hydrogen-bond donors (Lipinski definition) is 2. The zero-order valence-corrected chi connectivity index (χ0v) is 15.6. The van der Waals surface area contributed by atoms with E-state index >= 15 is 0 Å². The maximum Gasteiger partial charge on any atom is 0.426 e. The predicted molar refractivity (Wildman–Crippen MR) is 92.6 cm³/mol. The van der Waals surface area contributed by atoms with Gasteiger partial charge in [-0.25, -0.2) is 14.6 Å². The molecule has 0 saturated heterocycles. The van der Waals surface area contributed by atoms with Gasteiger partial charge >= 0.3 is 6.09 Å². The monoisotopic (exact) mass is 374 g/mol. The molecule has 0 bridgehead atoms. The molecule has 1 aromatic carbocycles. The number of alkyl halides is 1. The fourth-order valence-corrected chi connectivity index (χ4v) is 2.38. The van der Waals surface area contributed by atoms with Crippen LogP contribution in [0.15, 0.2) is 24.3 Å². The van der Waals surface area contributed by atoms with Crippen LogP contribution in [0.1, 0.15) is 39.2 Å². The van der Waals surface area contributed by atoms with E-state index in [0.29, 0.717) is 17.9 Å². The molecule has 1 atom stereocenters. The van der Waals surface area contributed by atoms with Gasteiger partial charge in [0, 0.05) is 13.0 Å². The molecule has 1 aromatic rings. The summed E-state index contributed by atoms with van der Waals surface area (Å²) in [5.74, 6) is -0.727. The summed E-state index contributed by atoms with van der Waals surface area (Å²) in [6.07, 6.45) is -0.0742. The molecule has 1 unspecified atom stereocenters. The van der Waals surface area contributed by atoms with Crippen molar-refractivity contribution >= 4 is 23.6 Å². The Hall–Kier alpha value is -1.86. The first-order valence-corrected chi connectivity index (χ1v) is 8.34. The van der Waals surface area contributed by atoms with Gasteiger partial charge in [0.2, 0.25) is 0 Å². The molecular formula is C17H24ClFN2O4. The maximum atomic E-state index is 13.2. The van der Waals surface area contributed by atoms with Gasteiger partial charge in [-0.2, -0.15) is 0 Å². The Morgan fingerprint density at radius 1 is 1.16 bits per heavy atom. The molecule has 0 heterocycles. The van der Waals surface area contributed by atoms with Gasteiger partial charge in [-0.3, -0.25) is 10.2 Å². The minimum atomic E-state index is -1.42. The Morgan fingerprint density at radius 2 is 1.76 bits per heavy atom. The third-order valence-electron chi connectivity index (χ3n) is 3.37. The standard InChI is InChI=1S/C17H24ClFN2O4/c1-16(2,3)25-15(23)21-20-14(22)17(24-4,10-5-11-18)12-6-8-13(19)9-7-12/h6-9H,5,10-11H2,1-4H3,(H,20,22)(H,21,23). The number of hydrogen-bond acceptors (Lipinski definition) is 4. The summed E-state index contributed by atoms with van der Waals surface area (Å²) in [7, 11) is 1.37. The summed E-state index contributed by atoms with van der Waals surface area (Å²) in [5, 5.41) is 0. The van der Waals surface area contributed by atoms with E-state index in [4.69, 9.17) is 21.1 Å². The third-order valence-corrected chi connectivity index (χ3v) is 3.63. The van der Waals surface area contributed by atoms with Crippen molar-refractivity contribution in [3.63, 3.8) is 0 Å². The number of benzene rings is 1. The number of halogens is 2. The van der Waals surface area contributed by atoms with Crippen molar-refractivity contribution in [1.29, 1.82) is 0 Å². The second-order valence-electron chi connectivity index (χ2n) is 6.41. The molecule has 1 rings (SSSR count). The van der Waals surface area contributed by atoms with Crippen LogP contribution in [0.4, 0.5) is 9.18 Å². The van der Waals surface area contributed by atoms with Gasteiger partial charge in [-0.05, 0) is 51.3 Å². The maximum absolute atomic E-state index is 13.2. The van der Waals surface area contributed by atoms with E-state index in [1.165, 1.54) is 31.4 Å². The summed E-state index contributed by atoms with van der Waals surface area (Å²) >= 11 is 5.75. The van der Waals surface area contributed by atoms with Crippen molar-refractivity contribution < 1.29 is 23.5 Å². The molecule has 0 saturated carbocycles. The van der Waals surface area contributed by atoms with Crippen LogP contribution in [0.2, 0.25) is 0 Å².